The van der Waals surface area contributed by atoms with Crippen molar-refractivity contribution in [3.05, 3.63) is 97.6 Å². The first kappa shape index (κ1) is 29.8. The Morgan fingerprint density at radius 1 is 1.18 bits per heavy atom. The van der Waals surface area contributed by atoms with Crippen molar-refractivity contribution in [2.24, 2.45) is 0 Å². The van der Waals surface area contributed by atoms with Gasteiger partial charge in [-0.05, 0) is 71.3 Å². The number of carbonyl (C=O) groups is 2. The summed E-state index contributed by atoms with van der Waals surface area (Å²) in [4.78, 5) is 37.7. The van der Waals surface area contributed by atoms with Gasteiger partial charge < -0.3 is 10.1 Å². The third-order valence-electron chi connectivity index (χ3n) is 6.91. The van der Waals surface area contributed by atoms with Crippen LogP contribution in [0, 0.1) is 0 Å². The van der Waals surface area contributed by atoms with Gasteiger partial charge in [0.1, 0.15) is 16.3 Å². The van der Waals surface area contributed by atoms with Gasteiger partial charge in [-0.15, -0.1) is 26.6 Å². The van der Waals surface area contributed by atoms with Crippen molar-refractivity contribution in [1.82, 2.24) is 45.9 Å². The van der Waals surface area contributed by atoms with Gasteiger partial charge in [-0.1, -0.05) is 23.7 Å². The zero-order chi connectivity index (χ0) is 31.3. The third kappa shape index (κ3) is 7.27. The molecule has 3 heterocycles. The summed E-state index contributed by atoms with van der Waals surface area (Å²) < 4.78 is 6.09. The number of tetrazole rings is 1. The molecule has 1 aliphatic carbocycles. The molecule has 1 aliphatic rings. The number of nitrogens with one attached hydrogen (secondary N) is 3. The summed E-state index contributed by atoms with van der Waals surface area (Å²) in [5.41, 5.74) is 2.67. The van der Waals surface area contributed by atoms with E-state index in [0.717, 1.165) is 22.9 Å². The summed E-state index contributed by atoms with van der Waals surface area (Å²) in [6.45, 7) is 0. The average Bonchev–Trinajstić information content (AvgIpc) is 3.54. The quantitative estimate of drug-likeness (QED) is 0.187. The van der Waals surface area contributed by atoms with Crippen LogP contribution in [-0.2, 0) is 16.0 Å². The lowest BCUT2D eigenvalue weighted by Gasteiger charge is -2.17. The average molecular weight is 645 g/mol. The van der Waals surface area contributed by atoms with Crippen molar-refractivity contribution in [3.8, 4) is 16.8 Å². The molecule has 3 aromatic heterocycles. The molecule has 2 aromatic carbocycles. The second kappa shape index (κ2) is 13.2. The molecule has 0 bridgehead atoms. The Balaban J connectivity index is 1.28. The normalized spacial score (nSPS) is 13.5. The highest BCUT2D eigenvalue weighted by Crippen LogP contribution is 2.41. The first-order valence-electron chi connectivity index (χ1n) is 13.7. The Bertz CT molecular complexity index is 1920. The van der Waals surface area contributed by atoms with Crippen molar-refractivity contribution in [3.63, 3.8) is 0 Å². The van der Waals surface area contributed by atoms with Crippen LogP contribution in [0.25, 0.3) is 22.9 Å². The molecule has 0 saturated heterocycles. The number of carbonyl (C=O) groups excluding carboxylic acids is 2. The van der Waals surface area contributed by atoms with Gasteiger partial charge in [-0.25, -0.2) is 9.89 Å². The Morgan fingerprint density at radius 3 is 2.73 bits per heavy atom. The SMILES string of the molecule is COC(=O)Nc1ccc(-c2cc(C(Cc3nnc(C4CC4)s3)NC(=O)C=Cc3cc(Cl)ccc3-n3cnnn3)n[nH]c2=O)cc1. The lowest BCUT2D eigenvalue weighted by atomic mass is 10.0. The van der Waals surface area contributed by atoms with E-state index in [-0.39, 0.29) is 0 Å². The van der Waals surface area contributed by atoms with E-state index in [9.17, 15) is 14.4 Å². The molecule has 45 heavy (non-hydrogen) atoms. The number of aromatic nitrogens is 8. The van der Waals surface area contributed by atoms with E-state index < -0.39 is 23.6 Å². The molecule has 1 unspecified atom stereocenters. The molecular formula is C29H25ClN10O4S. The lowest BCUT2D eigenvalue weighted by molar-refractivity contribution is -0.117. The van der Waals surface area contributed by atoms with Crippen LogP contribution in [-0.4, -0.2) is 59.7 Å². The number of nitrogens with zero attached hydrogens (tertiary/aromatic N) is 7. The molecule has 228 valence electrons. The Morgan fingerprint density at radius 2 is 2.00 bits per heavy atom. The number of anilines is 1. The molecule has 1 fully saturated rings. The summed E-state index contributed by atoms with van der Waals surface area (Å²) in [6, 6.07) is 12.8. The van der Waals surface area contributed by atoms with E-state index in [0.29, 0.717) is 51.1 Å². The molecular weight excluding hydrogens is 620 g/mol. The molecule has 2 amide bonds. The Hall–Kier alpha value is -5.28. The molecule has 0 spiro atoms. The summed E-state index contributed by atoms with van der Waals surface area (Å²) >= 11 is 7.73. The van der Waals surface area contributed by atoms with Gasteiger partial charge in [0.05, 0.1) is 30.1 Å². The summed E-state index contributed by atoms with van der Waals surface area (Å²) in [5.74, 6) is 0.0242. The fourth-order valence-electron chi connectivity index (χ4n) is 4.49. The van der Waals surface area contributed by atoms with Crippen LogP contribution < -0.4 is 16.2 Å². The molecule has 1 saturated carbocycles. The molecule has 14 nitrogen and oxygen atoms in total. The highest BCUT2D eigenvalue weighted by molar-refractivity contribution is 7.11. The van der Waals surface area contributed by atoms with Crippen LogP contribution in [0.2, 0.25) is 5.02 Å². The van der Waals surface area contributed by atoms with Crippen LogP contribution in [0.4, 0.5) is 10.5 Å². The largest absolute Gasteiger partial charge is 0.453 e. The fourth-order valence-corrected chi connectivity index (χ4v) is 5.73. The number of amides is 2. The van der Waals surface area contributed by atoms with Gasteiger partial charge >= 0.3 is 6.09 Å². The van der Waals surface area contributed by atoms with E-state index in [2.05, 4.69) is 51.3 Å². The monoisotopic (exact) mass is 644 g/mol. The number of hydrogen-bond acceptors (Lipinski definition) is 11. The van der Waals surface area contributed by atoms with Crippen LogP contribution in [0.1, 0.15) is 46.1 Å². The Labute approximate surface area is 264 Å². The Kier molecular flexibility index (Phi) is 8.70. The van der Waals surface area contributed by atoms with Crippen molar-refractivity contribution in [2.45, 2.75) is 31.2 Å². The topological polar surface area (TPSA) is 183 Å². The molecule has 0 aliphatic heterocycles. The van der Waals surface area contributed by atoms with E-state index in [1.807, 2.05) is 0 Å². The molecule has 3 N–H and O–H groups in total. The lowest BCUT2D eigenvalue weighted by Crippen LogP contribution is -2.30. The second-order valence-corrected chi connectivity index (χ2v) is 11.6. The number of rotatable bonds is 10. The highest BCUT2D eigenvalue weighted by Gasteiger charge is 2.28. The molecule has 16 heteroatoms. The highest BCUT2D eigenvalue weighted by atomic mass is 35.5. The van der Waals surface area contributed by atoms with Gasteiger partial charge in [0, 0.05) is 34.7 Å². The van der Waals surface area contributed by atoms with Crippen LogP contribution >= 0.6 is 22.9 Å². The minimum absolute atomic E-state index is 0.303. The van der Waals surface area contributed by atoms with E-state index >= 15 is 0 Å². The van der Waals surface area contributed by atoms with Crippen molar-refractivity contribution >= 4 is 46.7 Å². The molecule has 1 atom stereocenters. The maximum atomic E-state index is 13.3. The third-order valence-corrected chi connectivity index (χ3v) is 8.26. The summed E-state index contributed by atoms with van der Waals surface area (Å²) in [6.07, 6.45) is 6.31. The number of aromatic amines is 1. The number of benzene rings is 2. The van der Waals surface area contributed by atoms with Crippen molar-refractivity contribution in [1.29, 1.82) is 0 Å². The van der Waals surface area contributed by atoms with Gasteiger partial charge in [0.15, 0.2) is 0 Å². The number of halogens is 1. The first-order chi connectivity index (χ1) is 21.9. The van der Waals surface area contributed by atoms with Gasteiger partial charge in [-0.3, -0.25) is 14.9 Å². The molecule has 5 aromatic rings. The number of methoxy groups -OCH3 is 1. The molecule has 6 rings (SSSR count). The van der Waals surface area contributed by atoms with Crippen molar-refractivity contribution in [2.75, 3.05) is 12.4 Å². The zero-order valence-corrected chi connectivity index (χ0v) is 25.2. The minimum Gasteiger partial charge on any atom is -0.453 e. The summed E-state index contributed by atoms with van der Waals surface area (Å²) in [7, 11) is 1.27. The van der Waals surface area contributed by atoms with Crippen LogP contribution in [0.15, 0.2) is 65.7 Å². The van der Waals surface area contributed by atoms with Crippen LogP contribution in [0.3, 0.4) is 0 Å². The number of hydrogen-bond donors (Lipinski definition) is 3. The molecule has 0 radical (unpaired) electrons. The van der Waals surface area contributed by atoms with E-state index in [1.54, 1.807) is 54.6 Å². The van der Waals surface area contributed by atoms with E-state index in [4.69, 9.17) is 11.6 Å². The fraction of sp³-hybridized carbons (Fsp3) is 0.207. The maximum absolute atomic E-state index is 13.3. The van der Waals surface area contributed by atoms with Crippen LogP contribution in [0.5, 0.6) is 0 Å². The zero-order valence-electron chi connectivity index (χ0n) is 23.7. The number of ether oxygens (including phenoxy) is 1. The van der Waals surface area contributed by atoms with Crippen molar-refractivity contribution < 1.29 is 14.3 Å². The maximum Gasteiger partial charge on any atom is 0.411 e. The van der Waals surface area contributed by atoms with Gasteiger partial charge in [-0.2, -0.15) is 9.78 Å². The first-order valence-corrected chi connectivity index (χ1v) is 14.9. The van der Waals surface area contributed by atoms with Gasteiger partial charge in [0.25, 0.3) is 5.56 Å². The van der Waals surface area contributed by atoms with Gasteiger partial charge in [0.2, 0.25) is 5.91 Å². The smallest absolute Gasteiger partial charge is 0.411 e. The predicted molar refractivity (Wildman–Crippen MR) is 166 cm³/mol. The van der Waals surface area contributed by atoms with E-state index in [1.165, 1.54) is 35.5 Å². The predicted octanol–water partition coefficient (Wildman–Crippen LogP) is 4.09. The second-order valence-electron chi connectivity index (χ2n) is 10.1. The summed E-state index contributed by atoms with van der Waals surface area (Å²) in [5, 5.41) is 34.5. The number of H-pyrrole nitrogens is 1. The minimum atomic E-state index is -0.656. The standard InChI is InChI=1S/C29H25ClN10O4S/c1-44-29(43)32-20-8-4-16(5-9-20)21-13-23(34-36-27(21)42)22(14-26-35-37-28(45-26)17-2-3-17)33-25(41)11-6-18-12-19(30)7-10-24(18)40-15-31-38-39-40/h4-13,15,17,22H,2-3,14H2,1H3,(H,32,43)(H,33,41)(H,36,42).